The Morgan fingerprint density at radius 1 is 1.45 bits per heavy atom. The van der Waals surface area contributed by atoms with Gasteiger partial charge in [0.15, 0.2) is 5.82 Å². The van der Waals surface area contributed by atoms with E-state index in [1.807, 2.05) is 0 Å². The molecular weight excluding hydrogens is 303 g/mol. The van der Waals surface area contributed by atoms with E-state index < -0.39 is 17.8 Å². The molecule has 2 heterocycles. The summed E-state index contributed by atoms with van der Waals surface area (Å²) < 4.78 is 42.5. The van der Waals surface area contributed by atoms with Crippen molar-refractivity contribution >= 4 is 17.7 Å². The maximum Gasteiger partial charge on any atom is 0.433 e. The second kappa shape index (κ2) is 6.00. The number of alkyl halides is 3. The first kappa shape index (κ1) is 15.7. The van der Waals surface area contributed by atoms with E-state index in [-0.39, 0.29) is 18.3 Å². The van der Waals surface area contributed by atoms with E-state index in [1.165, 1.54) is 18.0 Å². The zero-order valence-corrected chi connectivity index (χ0v) is 11.7. The second-order valence-electron chi connectivity index (χ2n) is 4.47. The van der Waals surface area contributed by atoms with Crippen LogP contribution in [0.3, 0.4) is 0 Å². The molecule has 1 amide bonds. The van der Waals surface area contributed by atoms with Gasteiger partial charge in [-0.05, 0) is 13.0 Å². The largest absolute Gasteiger partial charge is 0.433 e. The van der Waals surface area contributed by atoms with Crippen LogP contribution in [0.4, 0.5) is 24.9 Å². The first-order valence-electron chi connectivity index (χ1n) is 6.10. The van der Waals surface area contributed by atoms with Crippen molar-refractivity contribution in [3.8, 4) is 0 Å². The summed E-state index contributed by atoms with van der Waals surface area (Å²) in [4.78, 5) is 20.1. The van der Waals surface area contributed by atoms with Crippen molar-refractivity contribution in [1.29, 1.82) is 0 Å². The number of anilines is 2. The molecule has 0 radical (unpaired) electrons. The highest BCUT2D eigenvalue weighted by atomic mass is 19.4. The Labute approximate surface area is 123 Å². The first-order chi connectivity index (χ1) is 10.3. The average molecular weight is 315 g/mol. The minimum Gasteiger partial charge on any atom is -0.360 e. The molecule has 0 aliphatic heterocycles. The highest BCUT2D eigenvalue weighted by molar-refractivity contribution is 5.92. The maximum absolute atomic E-state index is 12.6. The van der Waals surface area contributed by atoms with Crippen molar-refractivity contribution in [2.75, 3.05) is 23.8 Å². The van der Waals surface area contributed by atoms with Gasteiger partial charge in [0.05, 0.1) is 6.54 Å². The van der Waals surface area contributed by atoms with Gasteiger partial charge in [-0.3, -0.25) is 4.79 Å². The number of nitrogens with zero attached hydrogens (tertiary/aromatic N) is 4. The quantitative estimate of drug-likeness (QED) is 0.927. The number of aromatic nitrogens is 3. The van der Waals surface area contributed by atoms with Crippen LogP contribution in [0.1, 0.15) is 11.5 Å². The number of hydrogen-bond acceptors (Lipinski definition) is 6. The summed E-state index contributed by atoms with van der Waals surface area (Å²) in [5.74, 6) is 0.0452. The highest BCUT2D eigenvalue weighted by Gasteiger charge is 2.33. The van der Waals surface area contributed by atoms with Gasteiger partial charge in [0.2, 0.25) is 11.9 Å². The Morgan fingerprint density at radius 3 is 2.77 bits per heavy atom. The van der Waals surface area contributed by atoms with Gasteiger partial charge in [-0.1, -0.05) is 5.16 Å². The molecule has 0 saturated carbocycles. The van der Waals surface area contributed by atoms with E-state index in [9.17, 15) is 18.0 Å². The van der Waals surface area contributed by atoms with Crippen molar-refractivity contribution < 1.29 is 22.5 Å². The van der Waals surface area contributed by atoms with E-state index >= 15 is 0 Å². The summed E-state index contributed by atoms with van der Waals surface area (Å²) in [7, 11) is 1.41. The molecule has 2 aromatic rings. The predicted molar refractivity (Wildman–Crippen MR) is 70.2 cm³/mol. The van der Waals surface area contributed by atoms with Gasteiger partial charge >= 0.3 is 6.18 Å². The third-order valence-electron chi connectivity index (χ3n) is 2.55. The third-order valence-corrected chi connectivity index (χ3v) is 2.55. The molecule has 0 fully saturated rings. The van der Waals surface area contributed by atoms with E-state index in [0.29, 0.717) is 5.76 Å². The minimum atomic E-state index is -4.57. The number of rotatable bonds is 4. The van der Waals surface area contributed by atoms with Gasteiger partial charge in [-0.15, -0.1) is 0 Å². The monoisotopic (exact) mass is 315 g/mol. The van der Waals surface area contributed by atoms with Crippen molar-refractivity contribution in [3.63, 3.8) is 0 Å². The van der Waals surface area contributed by atoms with E-state index in [1.54, 1.807) is 6.92 Å². The van der Waals surface area contributed by atoms with Crippen LogP contribution in [0.15, 0.2) is 22.9 Å². The van der Waals surface area contributed by atoms with Gasteiger partial charge in [0.25, 0.3) is 0 Å². The molecule has 0 saturated heterocycles. The van der Waals surface area contributed by atoms with Gasteiger partial charge in [-0.25, -0.2) is 9.97 Å². The van der Waals surface area contributed by atoms with Crippen LogP contribution >= 0.6 is 0 Å². The predicted octanol–water partition coefficient (Wildman–Crippen LogP) is 1.87. The smallest absolute Gasteiger partial charge is 0.360 e. The molecule has 118 valence electrons. The van der Waals surface area contributed by atoms with Crippen LogP contribution in [0.5, 0.6) is 0 Å². The number of nitrogens with one attached hydrogen (secondary N) is 1. The molecule has 0 unspecified atom stereocenters. The fourth-order valence-electron chi connectivity index (χ4n) is 1.58. The molecule has 2 rings (SSSR count). The Kier molecular flexibility index (Phi) is 4.29. The molecule has 0 aliphatic carbocycles. The summed E-state index contributed by atoms with van der Waals surface area (Å²) in [5.41, 5.74) is -1.07. The van der Waals surface area contributed by atoms with Crippen molar-refractivity contribution in [1.82, 2.24) is 15.1 Å². The third kappa shape index (κ3) is 3.93. The van der Waals surface area contributed by atoms with Crippen LogP contribution in [-0.4, -0.2) is 34.6 Å². The SMILES string of the molecule is Cc1cc(NC(=O)CN(C)c2nccc(C(F)(F)F)n2)no1. The lowest BCUT2D eigenvalue weighted by atomic mass is 10.4. The number of carbonyl (C=O) groups is 1. The van der Waals surface area contributed by atoms with Gasteiger partial charge in [-0.2, -0.15) is 13.2 Å². The summed E-state index contributed by atoms with van der Waals surface area (Å²) >= 11 is 0. The lowest BCUT2D eigenvalue weighted by Gasteiger charge is -2.17. The molecule has 0 atom stereocenters. The van der Waals surface area contributed by atoms with Gasteiger partial charge in [0, 0.05) is 19.3 Å². The number of likely N-dealkylation sites (N-methyl/N-ethyl adjacent to an activating group) is 1. The Morgan fingerprint density at radius 2 is 2.18 bits per heavy atom. The summed E-state index contributed by atoms with van der Waals surface area (Å²) in [5, 5.41) is 6.02. The Bertz CT molecular complexity index is 671. The first-order valence-corrected chi connectivity index (χ1v) is 6.10. The minimum absolute atomic E-state index is 0.207. The average Bonchev–Trinajstić information content (AvgIpc) is 2.83. The van der Waals surface area contributed by atoms with Crippen LogP contribution < -0.4 is 10.2 Å². The molecular formula is C12H12F3N5O2. The van der Waals surface area contributed by atoms with E-state index in [4.69, 9.17) is 4.52 Å². The summed E-state index contributed by atoms with van der Waals surface area (Å²) in [6.07, 6.45) is -3.58. The molecule has 0 spiro atoms. The van der Waals surface area contributed by atoms with Crippen LogP contribution in [0.25, 0.3) is 0 Å². The number of halogens is 3. The molecule has 0 aliphatic rings. The zero-order chi connectivity index (χ0) is 16.3. The molecule has 2 aromatic heterocycles. The zero-order valence-electron chi connectivity index (χ0n) is 11.7. The topological polar surface area (TPSA) is 84.2 Å². The molecule has 7 nitrogen and oxygen atoms in total. The summed E-state index contributed by atoms with van der Waals surface area (Å²) in [6, 6.07) is 2.27. The molecule has 22 heavy (non-hydrogen) atoms. The molecule has 0 bridgehead atoms. The van der Waals surface area contributed by atoms with Crippen LogP contribution in [0, 0.1) is 6.92 Å². The Hall–Kier alpha value is -2.65. The lowest BCUT2D eigenvalue weighted by Crippen LogP contribution is -2.31. The van der Waals surface area contributed by atoms with Gasteiger partial charge in [0.1, 0.15) is 11.5 Å². The normalized spacial score (nSPS) is 11.3. The number of carbonyl (C=O) groups excluding carboxylic acids is 1. The van der Waals surface area contributed by atoms with Crippen molar-refractivity contribution in [2.45, 2.75) is 13.1 Å². The van der Waals surface area contributed by atoms with Crippen molar-refractivity contribution in [2.24, 2.45) is 0 Å². The number of amides is 1. The molecule has 0 aromatic carbocycles. The molecule has 1 N–H and O–H groups in total. The lowest BCUT2D eigenvalue weighted by molar-refractivity contribution is -0.141. The fourth-order valence-corrected chi connectivity index (χ4v) is 1.58. The highest BCUT2D eigenvalue weighted by Crippen LogP contribution is 2.27. The van der Waals surface area contributed by atoms with Crippen molar-refractivity contribution in [3.05, 3.63) is 29.8 Å². The number of aryl methyl sites for hydroxylation is 1. The fraction of sp³-hybridized carbons (Fsp3) is 0.333. The van der Waals surface area contributed by atoms with Gasteiger partial charge < -0.3 is 14.7 Å². The Balaban J connectivity index is 2.02. The van der Waals surface area contributed by atoms with Crippen LogP contribution in [-0.2, 0) is 11.0 Å². The number of hydrogen-bond donors (Lipinski definition) is 1. The maximum atomic E-state index is 12.6. The van der Waals surface area contributed by atoms with E-state index in [0.717, 1.165) is 12.3 Å². The molecule has 10 heteroatoms. The second-order valence-corrected chi connectivity index (χ2v) is 4.47. The standard InChI is InChI=1S/C12H12F3N5O2/c1-7-5-9(19-22-7)18-10(21)6-20(2)11-16-4-3-8(17-11)12(13,14)15/h3-5H,6H2,1-2H3,(H,18,19,21). The summed E-state index contributed by atoms with van der Waals surface area (Å²) in [6.45, 7) is 1.42. The van der Waals surface area contributed by atoms with Crippen LogP contribution in [0.2, 0.25) is 0 Å². The van der Waals surface area contributed by atoms with E-state index in [2.05, 4.69) is 20.4 Å².